The number of thiophene rings is 1. The first kappa shape index (κ1) is 15.2. The zero-order chi connectivity index (χ0) is 15.4. The molecule has 110 valence electrons. The van der Waals surface area contributed by atoms with Crippen molar-refractivity contribution in [2.75, 3.05) is 12.4 Å². The van der Waals surface area contributed by atoms with Crippen LogP contribution in [0.25, 0.3) is 0 Å². The van der Waals surface area contributed by atoms with E-state index in [1.54, 1.807) is 24.4 Å². The molecule has 5 nitrogen and oxygen atoms in total. The predicted octanol–water partition coefficient (Wildman–Crippen LogP) is 3.08. The lowest BCUT2D eigenvalue weighted by Crippen LogP contribution is -2.23. The minimum absolute atomic E-state index is 0.115. The number of carbonyl (C=O) groups excluding carboxylic acids is 1. The van der Waals surface area contributed by atoms with Crippen LogP contribution in [0, 0.1) is 6.92 Å². The molecule has 1 atom stereocenters. The number of benzene rings is 1. The van der Waals surface area contributed by atoms with E-state index in [4.69, 9.17) is 9.84 Å². The summed E-state index contributed by atoms with van der Waals surface area (Å²) < 4.78 is 5.23. The Morgan fingerprint density at radius 2 is 1.95 bits per heavy atom. The Balaban J connectivity index is 2.25. The molecule has 6 heteroatoms. The molecule has 0 saturated heterocycles. The number of carboxylic acids is 1. The topological polar surface area (TPSA) is 75.6 Å². The Morgan fingerprint density at radius 3 is 2.52 bits per heavy atom. The monoisotopic (exact) mass is 305 g/mol. The standard InChI is InChI=1S/C15H15NO4S/c1-9-8-21-13(15(18)19)11(9)16-14(17)12(20-2)10-6-4-3-5-7-10/h3-8,12H,1-2H3,(H,16,17)(H,18,19). The quantitative estimate of drug-likeness (QED) is 0.890. The summed E-state index contributed by atoms with van der Waals surface area (Å²) in [5.41, 5.74) is 1.76. The number of aryl methyl sites for hydroxylation is 1. The maximum atomic E-state index is 12.3. The van der Waals surface area contributed by atoms with Crippen molar-refractivity contribution in [3.8, 4) is 0 Å². The van der Waals surface area contributed by atoms with Crippen LogP contribution < -0.4 is 5.32 Å². The summed E-state index contributed by atoms with van der Waals surface area (Å²) in [7, 11) is 1.44. The van der Waals surface area contributed by atoms with Crippen molar-refractivity contribution in [2.24, 2.45) is 0 Å². The van der Waals surface area contributed by atoms with Gasteiger partial charge in [-0.2, -0.15) is 0 Å². The lowest BCUT2D eigenvalue weighted by molar-refractivity contribution is -0.126. The molecule has 1 aromatic carbocycles. The van der Waals surface area contributed by atoms with Gasteiger partial charge in [0.05, 0.1) is 5.69 Å². The molecule has 0 saturated carbocycles. The first-order valence-corrected chi connectivity index (χ1v) is 7.12. The van der Waals surface area contributed by atoms with E-state index in [0.29, 0.717) is 16.8 Å². The lowest BCUT2D eigenvalue weighted by atomic mass is 10.1. The number of anilines is 1. The second-order valence-corrected chi connectivity index (χ2v) is 5.32. The van der Waals surface area contributed by atoms with Gasteiger partial charge in [0.2, 0.25) is 0 Å². The molecule has 0 fully saturated rings. The lowest BCUT2D eigenvalue weighted by Gasteiger charge is -2.16. The van der Waals surface area contributed by atoms with E-state index >= 15 is 0 Å². The highest BCUT2D eigenvalue weighted by atomic mass is 32.1. The molecule has 0 aliphatic rings. The van der Waals surface area contributed by atoms with E-state index in [9.17, 15) is 9.59 Å². The van der Waals surface area contributed by atoms with Crippen LogP contribution in [-0.4, -0.2) is 24.1 Å². The smallest absolute Gasteiger partial charge is 0.348 e. The number of hydrogen-bond donors (Lipinski definition) is 2. The number of hydrogen-bond acceptors (Lipinski definition) is 4. The third kappa shape index (κ3) is 3.29. The van der Waals surface area contributed by atoms with Crippen LogP contribution in [0.15, 0.2) is 35.7 Å². The number of amides is 1. The molecule has 2 aromatic rings. The van der Waals surface area contributed by atoms with Crippen LogP contribution >= 0.6 is 11.3 Å². The van der Waals surface area contributed by atoms with Crippen LogP contribution in [0.3, 0.4) is 0 Å². The SMILES string of the molecule is COC(C(=O)Nc1c(C)csc1C(=O)O)c1ccccc1. The first-order valence-electron chi connectivity index (χ1n) is 6.24. The number of carboxylic acid groups (broad SMARTS) is 1. The second-order valence-electron chi connectivity index (χ2n) is 4.44. The van der Waals surface area contributed by atoms with Crippen molar-refractivity contribution >= 4 is 28.9 Å². The average molecular weight is 305 g/mol. The maximum Gasteiger partial charge on any atom is 0.348 e. The summed E-state index contributed by atoms with van der Waals surface area (Å²) >= 11 is 1.09. The Morgan fingerprint density at radius 1 is 1.29 bits per heavy atom. The average Bonchev–Trinajstić information content (AvgIpc) is 2.82. The number of carbonyl (C=O) groups is 2. The number of nitrogens with one attached hydrogen (secondary N) is 1. The van der Waals surface area contributed by atoms with Crippen LogP contribution in [0.4, 0.5) is 5.69 Å². The van der Waals surface area contributed by atoms with Gasteiger partial charge in [-0.15, -0.1) is 11.3 Å². The van der Waals surface area contributed by atoms with Gasteiger partial charge in [-0.3, -0.25) is 4.79 Å². The highest BCUT2D eigenvalue weighted by molar-refractivity contribution is 7.12. The minimum Gasteiger partial charge on any atom is -0.477 e. The summed E-state index contributed by atoms with van der Waals surface area (Å²) in [5.74, 6) is -1.45. The summed E-state index contributed by atoms with van der Waals surface area (Å²) in [6, 6.07) is 9.04. The first-order chi connectivity index (χ1) is 10.0. The van der Waals surface area contributed by atoms with Gasteiger partial charge in [0.15, 0.2) is 6.10 Å². The summed E-state index contributed by atoms with van der Waals surface area (Å²) in [4.78, 5) is 23.6. The predicted molar refractivity (Wildman–Crippen MR) is 80.8 cm³/mol. The zero-order valence-corrected chi connectivity index (χ0v) is 12.4. The van der Waals surface area contributed by atoms with Crippen molar-refractivity contribution in [1.82, 2.24) is 0 Å². The third-order valence-corrected chi connectivity index (χ3v) is 4.08. The number of rotatable bonds is 5. The van der Waals surface area contributed by atoms with Gasteiger partial charge in [0.25, 0.3) is 5.91 Å². The molecule has 1 amide bonds. The number of aromatic carboxylic acids is 1. The van der Waals surface area contributed by atoms with Gasteiger partial charge in [0, 0.05) is 7.11 Å². The van der Waals surface area contributed by atoms with Gasteiger partial charge in [-0.1, -0.05) is 30.3 Å². The molecule has 2 rings (SSSR count). The fraction of sp³-hybridized carbons (Fsp3) is 0.200. The molecule has 1 aromatic heterocycles. The van der Waals surface area contributed by atoms with E-state index in [2.05, 4.69) is 5.32 Å². The summed E-state index contributed by atoms with van der Waals surface area (Å²) in [6.45, 7) is 1.75. The van der Waals surface area contributed by atoms with E-state index in [1.807, 2.05) is 18.2 Å². The van der Waals surface area contributed by atoms with Crippen LogP contribution in [-0.2, 0) is 9.53 Å². The largest absolute Gasteiger partial charge is 0.477 e. The molecule has 0 aliphatic carbocycles. The van der Waals surface area contributed by atoms with Gasteiger partial charge < -0.3 is 15.2 Å². The zero-order valence-electron chi connectivity index (χ0n) is 11.6. The van der Waals surface area contributed by atoms with E-state index in [0.717, 1.165) is 11.3 Å². The minimum atomic E-state index is -1.06. The van der Waals surface area contributed by atoms with E-state index < -0.39 is 18.0 Å². The van der Waals surface area contributed by atoms with Crippen LogP contribution in [0.5, 0.6) is 0 Å². The van der Waals surface area contributed by atoms with Crippen LogP contribution in [0.2, 0.25) is 0 Å². The molecular formula is C15H15NO4S. The molecular weight excluding hydrogens is 290 g/mol. The molecule has 0 spiro atoms. The highest BCUT2D eigenvalue weighted by Gasteiger charge is 2.23. The fourth-order valence-corrected chi connectivity index (χ4v) is 2.81. The molecule has 1 unspecified atom stereocenters. The van der Waals surface area contributed by atoms with E-state index in [-0.39, 0.29) is 4.88 Å². The van der Waals surface area contributed by atoms with Gasteiger partial charge in [-0.25, -0.2) is 4.79 Å². The van der Waals surface area contributed by atoms with E-state index in [1.165, 1.54) is 7.11 Å². The third-order valence-electron chi connectivity index (χ3n) is 2.99. The Labute approximate surface area is 126 Å². The normalized spacial score (nSPS) is 11.9. The molecule has 1 heterocycles. The molecule has 0 radical (unpaired) electrons. The summed E-state index contributed by atoms with van der Waals surface area (Å²) in [6.07, 6.45) is -0.785. The highest BCUT2D eigenvalue weighted by Crippen LogP contribution is 2.29. The van der Waals surface area contributed by atoms with Crippen molar-refractivity contribution in [3.63, 3.8) is 0 Å². The van der Waals surface area contributed by atoms with Crippen molar-refractivity contribution in [1.29, 1.82) is 0 Å². The maximum absolute atomic E-state index is 12.3. The summed E-state index contributed by atoms with van der Waals surface area (Å²) in [5, 5.41) is 13.5. The van der Waals surface area contributed by atoms with Crippen molar-refractivity contribution < 1.29 is 19.4 Å². The molecule has 0 bridgehead atoms. The molecule has 2 N–H and O–H groups in total. The van der Waals surface area contributed by atoms with Gasteiger partial charge in [0.1, 0.15) is 4.88 Å². The van der Waals surface area contributed by atoms with Crippen molar-refractivity contribution in [3.05, 3.63) is 51.7 Å². The number of ether oxygens (including phenoxy) is 1. The van der Waals surface area contributed by atoms with Gasteiger partial charge >= 0.3 is 5.97 Å². The van der Waals surface area contributed by atoms with Crippen molar-refractivity contribution in [2.45, 2.75) is 13.0 Å². The Hall–Kier alpha value is -2.18. The van der Waals surface area contributed by atoms with Gasteiger partial charge in [-0.05, 0) is 23.4 Å². The van der Waals surface area contributed by atoms with Crippen LogP contribution in [0.1, 0.15) is 26.9 Å². The molecule has 0 aliphatic heterocycles. The molecule has 21 heavy (non-hydrogen) atoms. The number of methoxy groups -OCH3 is 1. The Kier molecular flexibility index (Phi) is 4.72. The fourth-order valence-electron chi connectivity index (χ4n) is 1.97. The Bertz CT molecular complexity index is 651. The second kappa shape index (κ2) is 6.51.